The van der Waals surface area contributed by atoms with Crippen LogP contribution in [0.3, 0.4) is 0 Å². The molecule has 6 heteroatoms. The van der Waals surface area contributed by atoms with Gasteiger partial charge in [-0.2, -0.15) is 0 Å². The minimum absolute atomic E-state index is 0.255. The Labute approximate surface area is 87.5 Å². The first kappa shape index (κ1) is 11.5. The largest absolute Gasteiger partial charge is 0.490 e. The number of carboxylic acids is 1. The highest BCUT2D eigenvalue weighted by Gasteiger charge is 2.18. The lowest BCUT2D eigenvalue weighted by atomic mass is 9.79. The van der Waals surface area contributed by atoms with Crippen molar-refractivity contribution in [3.8, 4) is 0 Å². The Morgan fingerprint density at radius 1 is 1.40 bits per heavy atom. The Hall–Kier alpha value is -1.53. The van der Waals surface area contributed by atoms with Crippen LogP contribution in [-0.4, -0.2) is 34.3 Å². The van der Waals surface area contributed by atoms with Crippen LogP contribution in [0.2, 0.25) is 0 Å². The van der Waals surface area contributed by atoms with E-state index in [0.717, 1.165) is 0 Å². The molecule has 0 aliphatic heterocycles. The number of hydrogen-bond acceptors (Lipinski definition) is 4. The molecule has 80 valence electrons. The normalized spacial score (nSPS) is 11.9. The fourth-order valence-electron chi connectivity index (χ4n) is 1.15. The predicted octanol–water partition coefficient (Wildman–Crippen LogP) is -0.749. The van der Waals surface area contributed by atoms with Crippen molar-refractivity contribution in [2.45, 2.75) is 13.0 Å². The van der Waals surface area contributed by atoms with Crippen LogP contribution in [-0.2, 0) is 4.79 Å². The maximum atomic E-state index is 10.6. The van der Waals surface area contributed by atoms with E-state index in [1.807, 2.05) is 0 Å². The number of nitrogens with one attached hydrogen (secondary N) is 1. The molecule has 0 aromatic heterocycles. The molecule has 0 radical (unpaired) electrons. The van der Waals surface area contributed by atoms with E-state index < -0.39 is 19.1 Å². The van der Waals surface area contributed by atoms with Gasteiger partial charge in [0.15, 0.2) is 0 Å². The van der Waals surface area contributed by atoms with E-state index in [-0.39, 0.29) is 5.46 Å². The maximum absolute atomic E-state index is 10.6. The van der Waals surface area contributed by atoms with E-state index in [0.29, 0.717) is 5.69 Å². The maximum Gasteiger partial charge on any atom is 0.490 e. The highest BCUT2D eigenvalue weighted by molar-refractivity contribution is 6.60. The number of rotatable bonds is 4. The molecule has 1 aromatic carbocycles. The SMILES string of the molecule is CC(Nc1ccccc1B(O)O)C(=O)O. The summed E-state index contributed by atoms with van der Waals surface area (Å²) in [6.45, 7) is 1.48. The summed E-state index contributed by atoms with van der Waals surface area (Å²) in [5.74, 6) is -1.00. The molecule has 0 amide bonds. The minimum atomic E-state index is -1.62. The number of aliphatic carboxylic acids is 1. The number of para-hydroxylation sites is 1. The molecular weight excluding hydrogens is 197 g/mol. The molecule has 5 nitrogen and oxygen atoms in total. The minimum Gasteiger partial charge on any atom is -0.480 e. The first-order valence-electron chi connectivity index (χ1n) is 4.46. The first-order valence-corrected chi connectivity index (χ1v) is 4.46. The number of carboxylic acid groups (broad SMARTS) is 1. The van der Waals surface area contributed by atoms with Crippen LogP contribution < -0.4 is 10.8 Å². The summed E-state index contributed by atoms with van der Waals surface area (Å²) in [5.41, 5.74) is 0.660. The van der Waals surface area contributed by atoms with E-state index in [4.69, 9.17) is 15.2 Å². The Bertz CT molecular complexity index is 356. The standard InChI is InChI=1S/C9H12BNO4/c1-6(9(12)13)11-8-5-3-2-4-7(8)10(14)15/h2-6,11,14-15H,1H3,(H,12,13). The predicted molar refractivity (Wildman–Crippen MR) is 57.0 cm³/mol. The first-order chi connectivity index (χ1) is 7.02. The lowest BCUT2D eigenvalue weighted by Crippen LogP contribution is -2.35. The van der Waals surface area contributed by atoms with Crippen molar-refractivity contribution in [2.75, 3.05) is 5.32 Å². The number of anilines is 1. The zero-order chi connectivity index (χ0) is 11.4. The monoisotopic (exact) mass is 209 g/mol. The van der Waals surface area contributed by atoms with Gasteiger partial charge in [0.25, 0.3) is 0 Å². The second-order valence-electron chi connectivity index (χ2n) is 3.17. The summed E-state index contributed by atoms with van der Waals surface area (Å²) in [6, 6.07) is 5.65. The average molecular weight is 209 g/mol. The van der Waals surface area contributed by atoms with Crippen LogP contribution in [0.5, 0.6) is 0 Å². The van der Waals surface area contributed by atoms with Crippen LogP contribution in [0.25, 0.3) is 0 Å². The Morgan fingerprint density at radius 2 is 2.00 bits per heavy atom. The Balaban J connectivity index is 2.89. The topological polar surface area (TPSA) is 89.8 Å². The molecule has 1 aromatic rings. The third-order valence-electron chi connectivity index (χ3n) is 1.98. The lowest BCUT2D eigenvalue weighted by Gasteiger charge is -2.14. The van der Waals surface area contributed by atoms with E-state index >= 15 is 0 Å². The van der Waals surface area contributed by atoms with Gasteiger partial charge < -0.3 is 20.5 Å². The molecule has 0 fully saturated rings. The molecule has 1 unspecified atom stereocenters. The summed E-state index contributed by atoms with van der Waals surface area (Å²) in [7, 11) is -1.62. The van der Waals surface area contributed by atoms with E-state index in [9.17, 15) is 4.79 Å². The zero-order valence-corrected chi connectivity index (χ0v) is 8.21. The van der Waals surface area contributed by atoms with Gasteiger partial charge in [-0.3, -0.25) is 4.79 Å². The van der Waals surface area contributed by atoms with Gasteiger partial charge in [-0.1, -0.05) is 18.2 Å². The highest BCUT2D eigenvalue weighted by Crippen LogP contribution is 2.05. The van der Waals surface area contributed by atoms with Gasteiger partial charge in [0.1, 0.15) is 6.04 Å². The smallest absolute Gasteiger partial charge is 0.480 e. The molecule has 15 heavy (non-hydrogen) atoms. The molecule has 0 aliphatic carbocycles. The molecule has 0 heterocycles. The number of hydrogen-bond donors (Lipinski definition) is 4. The van der Waals surface area contributed by atoms with Gasteiger partial charge in [-0.25, -0.2) is 0 Å². The van der Waals surface area contributed by atoms with Gasteiger partial charge in [0.2, 0.25) is 0 Å². The van der Waals surface area contributed by atoms with Crippen molar-refractivity contribution in [1.82, 2.24) is 0 Å². The zero-order valence-electron chi connectivity index (χ0n) is 8.21. The van der Waals surface area contributed by atoms with Gasteiger partial charge in [-0.05, 0) is 13.0 Å². The van der Waals surface area contributed by atoms with Crippen molar-refractivity contribution in [3.05, 3.63) is 24.3 Å². The second-order valence-corrected chi connectivity index (χ2v) is 3.17. The summed E-state index contributed by atoms with van der Waals surface area (Å²) in [4.78, 5) is 10.6. The average Bonchev–Trinajstić information content (AvgIpc) is 2.18. The molecule has 1 atom stereocenters. The molecule has 0 aliphatic rings. The Kier molecular flexibility index (Phi) is 3.71. The number of benzene rings is 1. The molecule has 1 rings (SSSR count). The molecular formula is C9H12BNO4. The van der Waals surface area contributed by atoms with E-state index in [1.54, 1.807) is 18.2 Å². The fraction of sp³-hybridized carbons (Fsp3) is 0.222. The van der Waals surface area contributed by atoms with Crippen molar-refractivity contribution in [2.24, 2.45) is 0 Å². The van der Waals surface area contributed by atoms with Gasteiger partial charge in [0.05, 0.1) is 0 Å². The summed E-state index contributed by atoms with van der Waals surface area (Å²) < 4.78 is 0. The Morgan fingerprint density at radius 3 is 2.53 bits per heavy atom. The van der Waals surface area contributed by atoms with E-state index in [2.05, 4.69) is 5.32 Å². The van der Waals surface area contributed by atoms with Gasteiger partial charge in [-0.15, -0.1) is 0 Å². The van der Waals surface area contributed by atoms with Crippen molar-refractivity contribution >= 4 is 24.2 Å². The molecule has 0 saturated carbocycles. The van der Waals surface area contributed by atoms with Crippen LogP contribution in [0.4, 0.5) is 5.69 Å². The summed E-state index contributed by atoms with van der Waals surface area (Å²) in [5, 5.41) is 29.4. The third-order valence-corrected chi connectivity index (χ3v) is 1.98. The van der Waals surface area contributed by atoms with Crippen molar-refractivity contribution < 1.29 is 19.9 Å². The van der Waals surface area contributed by atoms with Crippen LogP contribution >= 0.6 is 0 Å². The molecule has 0 saturated heterocycles. The van der Waals surface area contributed by atoms with Gasteiger partial charge in [0, 0.05) is 11.2 Å². The second kappa shape index (κ2) is 4.81. The summed E-state index contributed by atoms with van der Waals surface area (Å²) >= 11 is 0. The molecule has 0 spiro atoms. The van der Waals surface area contributed by atoms with Crippen LogP contribution in [0, 0.1) is 0 Å². The van der Waals surface area contributed by atoms with Crippen molar-refractivity contribution in [1.29, 1.82) is 0 Å². The summed E-state index contributed by atoms with van der Waals surface area (Å²) in [6.07, 6.45) is 0. The third kappa shape index (κ3) is 2.97. The van der Waals surface area contributed by atoms with Crippen LogP contribution in [0.1, 0.15) is 6.92 Å². The van der Waals surface area contributed by atoms with Gasteiger partial charge >= 0.3 is 13.1 Å². The molecule has 0 bridgehead atoms. The number of carbonyl (C=O) groups is 1. The molecule has 4 N–H and O–H groups in total. The lowest BCUT2D eigenvalue weighted by molar-refractivity contribution is -0.137. The van der Waals surface area contributed by atoms with Crippen LogP contribution in [0.15, 0.2) is 24.3 Å². The highest BCUT2D eigenvalue weighted by atomic mass is 16.4. The fourth-order valence-corrected chi connectivity index (χ4v) is 1.15. The van der Waals surface area contributed by atoms with Crippen molar-refractivity contribution in [3.63, 3.8) is 0 Å². The quantitative estimate of drug-likeness (QED) is 0.490. The van der Waals surface area contributed by atoms with E-state index in [1.165, 1.54) is 13.0 Å².